The number of likely N-dealkylation sites (tertiary alicyclic amines) is 1. The molecule has 0 radical (unpaired) electrons. The predicted molar refractivity (Wildman–Crippen MR) is 146 cm³/mol. The topological polar surface area (TPSA) is 139 Å². The van der Waals surface area contributed by atoms with E-state index >= 15 is 4.39 Å². The van der Waals surface area contributed by atoms with Crippen LogP contribution in [-0.4, -0.2) is 59.0 Å². The summed E-state index contributed by atoms with van der Waals surface area (Å²) in [4.78, 5) is 26.3. The van der Waals surface area contributed by atoms with Gasteiger partial charge in [-0.05, 0) is 67.7 Å². The Morgan fingerprint density at radius 1 is 1.21 bits per heavy atom. The highest BCUT2D eigenvalue weighted by atomic mass is 19.1. The molecule has 9 heteroatoms. The van der Waals surface area contributed by atoms with Gasteiger partial charge in [-0.25, -0.2) is 9.18 Å². The maximum atomic E-state index is 15.5. The lowest BCUT2D eigenvalue weighted by molar-refractivity contribution is -0.141. The molecule has 2 aliphatic rings. The van der Waals surface area contributed by atoms with Gasteiger partial charge in [0.25, 0.3) is 0 Å². The van der Waals surface area contributed by atoms with Gasteiger partial charge in [0.1, 0.15) is 5.82 Å². The van der Waals surface area contributed by atoms with Crippen molar-refractivity contribution in [2.75, 3.05) is 19.7 Å². The van der Waals surface area contributed by atoms with Gasteiger partial charge in [0, 0.05) is 36.5 Å². The van der Waals surface area contributed by atoms with Crippen LogP contribution < -0.4 is 11.5 Å². The van der Waals surface area contributed by atoms with Gasteiger partial charge in [-0.15, -0.1) is 0 Å². The number of aryl methyl sites for hydroxylation is 1. The first-order chi connectivity index (χ1) is 18.6. The molecule has 1 aliphatic heterocycles. The molecule has 6 N–H and O–H groups in total. The lowest BCUT2D eigenvalue weighted by Crippen LogP contribution is -2.49. The molecule has 5 atom stereocenters. The summed E-state index contributed by atoms with van der Waals surface area (Å²) in [5.41, 5.74) is 12.1. The molecule has 8 nitrogen and oxygen atoms in total. The Morgan fingerprint density at radius 3 is 2.67 bits per heavy atom. The number of halogens is 1. The van der Waals surface area contributed by atoms with E-state index < -0.39 is 35.6 Å². The fraction of sp³-hybridized carbons (Fsp3) is 0.533. The molecular formula is C30H40FN3O5. The zero-order chi connectivity index (χ0) is 28.2. The maximum Gasteiger partial charge on any atom is 0.404 e. The monoisotopic (exact) mass is 541 g/mol. The highest BCUT2D eigenvalue weighted by Crippen LogP contribution is 2.45. The lowest BCUT2D eigenvalue weighted by Gasteiger charge is -2.44. The number of hydrogen-bond donors (Lipinski definition) is 4. The van der Waals surface area contributed by atoms with Gasteiger partial charge in [0.2, 0.25) is 5.91 Å². The van der Waals surface area contributed by atoms with Crippen molar-refractivity contribution in [3.05, 3.63) is 59.4 Å². The number of amides is 2. The molecule has 0 spiro atoms. The Kier molecular flexibility index (Phi) is 9.25. The first kappa shape index (κ1) is 29.0. The van der Waals surface area contributed by atoms with Crippen molar-refractivity contribution < 1.29 is 28.9 Å². The summed E-state index contributed by atoms with van der Waals surface area (Å²) in [6, 6.07) is 11.9. The second-order valence-corrected chi connectivity index (χ2v) is 10.9. The summed E-state index contributed by atoms with van der Waals surface area (Å²) < 4.78 is 20.5. The second-order valence-electron chi connectivity index (χ2n) is 10.9. The number of hydrogen-bond acceptors (Lipinski definition) is 6. The number of benzene rings is 2. The molecule has 2 aromatic carbocycles. The molecule has 4 rings (SSSR count). The lowest BCUT2D eigenvalue weighted by atomic mass is 9.72. The third-order valence-corrected chi connectivity index (χ3v) is 8.39. The fourth-order valence-corrected chi connectivity index (χ4v) is 6.27. The molecule has 1 unspecified atom stereocenters. The Labute approximate surface area is 229 Å². The van der Waals surface area contributed by atoms with Crippen molar-refractivity contribution in [1.82, 2.24) is 4.90 Å². The molecule has 39 heavy (non-hydrogen) atoms. The number of carbonyl (C=O) groups excluding carboxylic acids is 2. The summed E-state index contributed by atoms with van der Waals surface area (Å²) in [5.74, 6) is -1.25. The van der Waals surface area contributed by atoms with E-state index in [9.17, 15) is 19.8 Å². The van der Waals surface area contributed by atoms with Crippen LogP contribution >= 0.6 is 0 Å². The number of aliphatic hydroxyl groups is 2. The van der Waals surface area contributed by atoms with E-state index in [1.807, 2.05) is 31.2 Å². The molecule has 1 heterocycles. The van der Waals surface area contributed by atoms with Crippen molar-refractivity contribution >= 4 is 12.0 Å². The number of nitrogens with two attached hydrogens (primary N) is 2. The molecule has 1 aliphatic carbocycles. The van der Waals surface area contributed by atoms with Crippen molar-refractivity contribution in [2.45, 2.75) is 69.6 Å². The number of carbonyl (C=O) groups is 2. The van der Waals surface area contributed by atoms with Crippen LogP contribution in [0.3, 0.4) is 0 Å². The first-order valence-corrected chi connectivity index (χ1v) is 13.9. The van der Waals surface area contributed by atoms with E-state index in [1.165, 1.54) is 6.07 Å². The van der Waals surface area contributed by atoms with Crippen molar-refractivity contribution in [3.63, 3.8) is 0 Å². The molecular weight excluding hydrogens is 501 g/mol. The number of rotatable bonds is 9. The van der Waals surface area contributed by atoms with Gasteiger partial charge >= 0.3 is 6.09 Å². The number of aliphatic hydroxyl groups excluding tert-OH is 1. The minimum atomic E-state index is -1.51. The van der Waals surface area contributed by atoms with E-state index in [1.54, 1.807) is 17.0 Å². The molecule has 2 aromatic rings. The van der Waals surface area contributed by atoms with Gasteiger partial charge in [0.15, 0.2) is 0 Å². The summed E-state index contributed by atoms with van der Waals surface area (Å²) in [6.07, 6.45) is 1.74. The third-order valence-electron chi connectivity index (χ3n) is 8.39. The minimum Gasteiger partial charge on any atom is -0.450 e. The number of piperidine rings is 1. The van der Waals surface area contributed by atoms with E-state index in [0.717, 1.165) is 12.0 Å². The largest absolute Gasteiger partial charge is 0.450 e. The number of primary amides is 1. The summed E-state index contributed by atoms with van der Waals surface area (Å²) in [5, 5.41) is 22.6. The van der Waals surface area contributed by atoms with Crippen LogP contribution in [0.5, 0.6) is 0 Å². The van der Waals surface area contributed by atoms with Crippen LogP contribution in [0.15, 0.2) is 42.5 Å². The number of nitrogens with zero attached hydrogens (tertiary/aromatic N) is 1. The van der Waals surface area contributed by atoms with E-state index in [4.69, 9.17) is 16.2 Å². The van der Waals surface area contributed by atoms with Crippen LogP contribution in [0.2, 0.25) is 0 Å². The van der Waals surface area contributed by atoms with Crippen LogP contribution in [0.25, 0.3) is 11.1 Å². The quantitative estimate of drug-likeness (QED) is 0.359. The normalized spacial score (nSPS) is 24.8. The average molecular weight is 542 g/mol. The third kappa shape index (κ3) is 6.42. The van der Waals surface area contributed by atoms with Crippen molar-refractivity contribution in [1.29, 1.82) is 0 Å². The minimum absolute atomic E-state index is 0.0147. The SMILES string of the molecule is CCc1cccc(-c2c(F)cccc2C(O)(CCCOC(N)=O)[C@@H]2CCCN(C(=O)[C@H]3C[C@@H](N)[C@@H](O)C3)C2)c1. The Balaban J connectivity index is 1.69. The van der Waals surface area contributed by atoms with Crippen LogP contribution in [0.1, 0.15) is 56.6 Å². The summed E-state index contributed by atoms with van der Waals surface area (Å²) >= 11 is 0. The zero-order valence-electron chi connectivity index (χ0n) is 22.5. The predicted octanol–water partition coefficient (Wildman–Crippen LogP) is 3.46. The van der Waals surface area contributed by atoms with Crippen molar-refractivity contribution in [3.8, 4) is 11.1 Å². The molecule has 1 saturated heterocycles. The maximum absolute atomic E-state index is 15.5. The Morgan fingerprint density at radius 2 is 1.97 bits per heavy atom. The van der Waals surface area contributed by atoms with Gasteiger partial charge in [-0.2, -0.15) is 0 Å². The Hall–Kier alpha value is -3.01. The molecule has 0 bridgehead atoms. The Bertz CT molecular complexity index is 1170. The van der Waals surface area contributed by atoms with Gasteiger partial charge in [-0.1, -0.05) is 43.3 Å². The van der Waals surface area contributed by atoms with Gasteiger partial charge < -0.3 is 31.3 Å². The van der Waals surface area contributed by atoms with Crippen LogP contribution in [-0.2, 0) is 21.6 Å². The number of ether oxygens (including phenoxy) is 1. The molecule has 1 saturated carbocycles. The van der Waals surface area contributed by atoms with E-state index in [-0.39, 0.29) is 24.9 Å². The zero-order valence-corrected chi connectivity index (χ0v) is 22.5. The highest BCUT2D eigenvalue weighted by Gasteiger charge is 2.45. The molecule has 0 aromatic heterocycles. The van der Waals surface area contributed by atoms with Gasteiger partial charge in [0.05, 0.1) is 18.3 Å². The standard InChI is InChI=1S/C30H40FN3O5/c1-2-19-7-3-8-20(15-19)27-23(10-4-11-24(27)31)30(38,12-6-14-39-29(33)37)22-9-5-13-34(18-22)28(36)21-16-25(32)26(35)17-21/h3-4,7-8,10-11,15,21-22,25-26,35,38H,2,5-6,9,12-14,16-18,32H2,1H3,(H2,33,37)/t21-,22+,25+,26-,30?/m0/s1. The highest BCUT2D eigenvalue weighted by molar-refractivity contribution is 5.79. The summed E-state index contributed by atoms with van der Waals surface area (Å²) in [7, 11) is 0. The fourth-order valence-electron chi connectivity index (χ4n) is 6.27. The van der Waals surface area contributed by atoms with Gasteiger partial charge in [-0.3, -0.25) is 4.79 Å². The second kappa shape index (κ2) is 12.4. The van der Waals surface area contributed by atoms with E-state index in [0.29, 0.717) is 61.9 Å². The summed E-state index contributed by atoms with van der Waals surface area (Å²) in [6.45, 7) is 2.88. The van der Waals surface area contributed by atoms with Crippen LogP contribution in [0, 0.1) is 17.7 Å². The van der Waals surface area contributed by atoms with Crippen LogP contribution in [0.4, 0.5) is 9.18 Å². The first-order valence-electron chi connectivity index (χ1n) is 13.9. The molecule has 2 amide bonds. The average Bonchev–Trinajstić information content (AvgIpc) is 3.28. The molecule has 212 valence electrons. The smallest absolute Gasteiger partial charge is 0.404 e. The van der Waals surface area contributed by atoms with Crippen molar-refractivity contribution in [2.24, 2.45) is 23.3 Å². The van der Waals surface area contributed by atoms with E-state index in [2.05, 4.69) is 0 Å². The molecule has 2 fully saturated rings.